The van der Waals surface area contributed by atoms with E-state index in [-0.39, 0.29) is 0 Å². The Hall–Kier alpha value is -1.80. The number of aromatic nitrogens is 1. The van der Waals surface area contributed by atoms with Crippen molar-refractivity contribution in [2.45, 2.75) is 16.0 Å². The van der Waals surface area contributed by atoms with Crippen molar-refractivity contribution in [1.82, 2.24) is 4.98 Å². The Morgan fingerprint density at radius 2 is 2.16 bits per heavy atom. The first-order chi connectivity index (χ1) is 8.95. The lowest BCUT2D eigenvalue weighted by Gasteiger charge is -2.06. The molecule has 6 nitrogen and oxygen atoms in total. The van der Waals surface area contributed by atoms with E-state index in [0.717, 1.165) is 16.5 Å². The summed E-state index contributed by atoms with van der Waals surface area (Å²) in [4.78, 5) is 25.8. The van der Waals surface area contributed by atoms with Crippen LogP contribution in [0.2, 0.25) is 0 Å². The third-order valence-electron chi connectivity index (χ3n) is 2.27. The van der Waals surface area contributed by atoms with E-state index in [2.05, 4.69) is 4.98 Å². The number of fused-ring (bicyclic) bond motifs is 1. The zero-order chi connectivity index (χ0) is 14.0. The van der Waals surface area contributed by atoms with Gasteiger partial charge in [-0.2, -0.15) is 0 Å². The summed E-state index contributed by atoms with van der Waals surface area (Å²) >= 11 is 2.26. The Bertz CT molecular complexity index is 641. The van der Waals surface area contributed by atoms with Gasteiger partial charge in [0.1, 0.15) is 5.25 Å². The van der Waals surface area contributed by atoms with E-state index in [1.54, 1.807) is 18.2 Å². The minimum absolute atomic E-state index is 0.446. The molecule has 19 heavy (non-hydrogen) atoms. The first-order valence-electron chi connectivity index (χ1n) is 5.23. The molecule has 0 aliphatic rings. The smallest absolute Gasteiger partial charge is 0.317 e. The molecule has 0 spiro atoms. The van der Waals surface area contributed by atoms with Crippen molar-refractivity contribution in [3.63, 3.8) is 0 Å². The topological polar surface area (TPSA) is 114 Å². The first kappa shape index (κ1) is 13.6. The van der Waals surface area contributed by atoms with Gasteiger partial charge in [0.05, 0.1) is 16.6 Å². The number of anilines is 1. The second kappa shape index (κ2) is 5.45. The van der Waals surface area contributed by atoms with Crippen molar-refractivity contribution in [3.8, 4) is 0 Å². The Balaban J connectivity index is 2.23. The van der Waals surface area contributed by atoms with Crippen LogP contribution >= 0.6 is 23.1 Å². The van der Waals surface area contributed by atoms with Gasteiger partial charge >= 0.3 is 11.9 Å². The number of thiazole rings is 1. The summed E-state index contributed by atoms with van der Waals surface area (Å²) in [5, 5.41) is 16.6. The lowest BCUT2D eigenvalue weighted by atomic mass is 10.3. The van der Waals surface area contributed by atoms with Crippen LogP contribution in [-0.2, 0) is 9.59 Å². The van der Waals surface area contributed by atoms with Gasteiger partial charge in [0.25, 0.3) is 0 Å². The van der Waals surface area contributed by atoms with Crippen molar-refractivity contribution in [1.29, 1.82) is 0 Å². The number of rotatable bonds is 5. The minimum atomic E-state index is -1.16. The molecular weight excluding hydrogens is 288 g/mol. The number of carboxylic acids is 2. The predicted octanol–water partition coefficient (Wildman–Crippen LogP) is 1.90. The van der Waals surface area contributed by atoms with Gasteiger partial charge in [-0.15, -0.1) is 11.3 Å². The molecule has 1 unspecified atom stereocenters. The van der Waals surface area contributed by atoms with Gasteiger partial charge in [0, 0.05) is 5.69 Å². The fraction of sp³-hybridized carbons (Fsp3) is 0.182. The van der Waals surface area contributed by atoms with Crippen molar-refractivity contribution in [3.05, 3.63) is 18.2 Å². The molecule has 1 aromatic heterocycles. The third kappa shape index (κ3) is 3.36. The van der Waals surface area contributed by atoms with E-state index < -0.39 is 23.6 Å². The standard InChI is InChI=1S/C11H10N2O4S2/c12-5-1-2-7-6(3-5)13-11(18-7)19-8(10(16)17)4-9(14)15/h1-3,8H,4,12H2,(H,14,15)(H,16,17). The van der Waals surface area contributed by atoms with Gasteiger partial charge in [-0.25, -0.2) is 4.98 Å². The van der Waals surface area contributed by atoms with Gasteiger partial charge in [0.15, 0.2) is 4.34 Å². The number of carboxylic acid groups (broad SMARTS) is 2. The highest BCUT2D eigenvalue weighted by molar-refractivity contribution is 8.02. The quantitative estimate of drug-likeness (QED) is 0.570. The number of benzene rings is 1. The molecule has 0 saturated carbocycles. The second-order valence-corrected chi connectivity index (χ2v) is 6.23. The van der Waals surface area contributed by atoms with Crippen LogP contribution in [0.5, 0.6) is 0 Å². The molecule has 100 valence electrons. The lowest BCUT2D eigenvalue weighted by molar-refractivity contribution is -0.142. The molecule has 0 amide bonds. The fourth-order valence-electron chi connectivity index (χ4n) is 1.43. The van der Waals surface area contributed by atoms with Crippen molar-refractivity contribution in [2.75, 3.05) is 5.73 Å². The molecule has 2 rings (SSSR count). The Morgan fingerprint density at radius 3 is 2.79 bits per heavy atom. The van der Waals surface area contributed by atoms with Crippen LogP contribution in [0.1, 0.15) is 6.42 Å². The summed E-state index contributed by atoms with van der Waals surface area (Å²) in [7, 11) is 0. The first-order valence-corrected chi connectivity index (χ1v) is 6.92. The van der Waals surface area contributed by atoms with Gasteiger partial charge < -0.3 is 15.9 Å². The largest absolute Gasteiger partial charge is 0.481 e. The van der Waals surface area contributed by atoms with E-state index in [0.29, 0.717) is 15.5 Å². The molecule has 1 atom stereocenters. The number of carbonyl (C=O) groups is 2. The monoisotopic (exact) mass is 298 g/mol. The Kier molecular flexibility index (Phi) is 3.91. The number of nitrogens with zero attached hydrogens (tertiary/aromatic N) is 1. The summed E-state index contributed by atoms with van der Waals surface area (Å²) in [5.74, 6) is -2.31. The van der Waals surface area contributed by atoms with Crippen LogP contribution in [0.4, 0.5) is 5.69 Å². The van der Waals surface area contributed by atoms with Crippen LogP contribution in [-0.4, -0.2) is 32.4 Å². The maximum absolute atomic E-state index is 11.0. The molecule has 0 saturated heterocycles. The fourth-order valence-corrected chi connectivity index (χ4v) is 3.64. The van der Waals surface area contributed by atoms with E-state index in [9.17, 15) is 9.59 Å². The highest BCUT2D eigenvalue weighted by atomic mass is 32.2. The predicted molar refractivity (Wildman–Crippen MR) is 73.6 cm³/mol. The molecule has 8 heteroatoms. The average Bonchev–Trinajstić information content (AvgIpc) is 2.68. The Labute approximate surface area is 116 Å². The van der Waals surface area contributed by atoms with Gasteiger partial charge in [-0.1, -0.05) is 11.8 Å². The molecular formula is C11H10N2O4S2. The maximum atomic E-state index is 11.0. The van der Waals surface area contributed by atoms with E-state index in [4.69, 9.17) is 15.9 Å². The van der Waals surface area contributed by atoms with Crippen molar-refractivity contribution in [2.24, 2.45) is 0 Å². The third-order valence-corrected chi connectivity index (χ3v) is 4.59. The molecule has 0 fully saturated rings. The second-order valence-electron chi connectivity index (χ2n) is 3.75. The number of hydrogen-bond acceptors (Lipinski definition) is 6. The van der Waals surface area contributed by atoms with Gasteiger partial charge in [0.2, 0.25) is 0 Å². The molecule has 4 N–H and O–H groups in total. The molecule has 0 bridgehead atoms. The summed E-state index contributed by atoms with van der Waals surface area (Å²) in [6, 6.07) is 5.24. The van der Waals surface area contributed by atoms with Crippen LogP contribution < -0.4 is 5.73 Å². The SMILES string of the molecule is Nc1ccc2sc(SC(CC(=O)O)C(=O)O)nc2c1. The summed E-state index contributed by atoms with van der Waals surface area (Å²) in [5.41, 5.74) is 6.90. The van der Waals surface area contributed by atoms with Crippen LogP contribution in [0, 0.1) is 0 Å². The molecule has 0 aliphatic heterocycles. The number of hydrogen-bond donors (Lipinski definition) is 3. The molecule has 0 aliphatic carbocycles. The number of nitrogen functional groups attached to an aromatic ring is 1. The minimum Gasteiger partial charge on any atom is -0.481 e. The van der Waals surface area contributed by atoms with Gasteiger partial charge in [-0.3, -0.25) is 9.59 Å². The molecule has 1 heterocycles. The highest BCUT2D eigenvalue weighted by Crippen LogP contribution is 2.33. The van der Waals surface area contributed by atoms with Crippen molar-refractivity contribution < 1.29 is 19.8 Å². The van der Waals surface area contributed by atoms with Crippen molar-refractivity contribution >= 4 is 50.9 Å². The molecule has 1 aromatic carbocycles. The normalized spacial score (nSPS) is 12.4. The van der Waals surface area contributed by atoms with E-state index in [1.807, 2.05) is 0 Å². The summed E-state index contributed by atoms with van der Waals surface area (Å²) in [6.07, 6.45) is -0.446. The van der Waals surface area contributed by atoms with Crippen LogP contribution in [0.25, 0.3) is 10.2 Å². The van der Waals surface area contributed by atoms with Crippen LogP contribution in [0.15, 0.2) is 22.5 Å². The van der Waals surface area contributed by atoms with Crippen LogP contribution in [0.3, 0.4) is 0 Å². The lowest BCUT2D eigenvalue weighted by Crippen LogP contribution is -2.20. The van der Waals surface area contributed by atoms with Gasteiger partial charge in [-0.05, 0) is 18.2 Å². The zero-order valence-corrected chi connectivity index (χ0v) is 11.2. The average molecular weight is 298 g/mol. The summed E-state index contributed by atoms with van der Waals surface area (Å²) < 4.78 is 1.41. The molecule has 2 aromatic rings. The zero-order valence-electron chi connectivity index (χ0n) is 9.57. The number of nitrogens with two attached hydrogens (primary N) is 1. The maximum Gasteiger partial charge on any atom is 0.317 e. The van der Waals surface area contributed by atoms with E-state index >= 15 is 0 Å². The summed E-state index contributed by atoms with van der Waals surface area (Å²) in [6.45, 7) is 0. The number of thioether (sulfide) groups is 1. The highest BCUT2D eigenvalue weighted by Gasteiger charge is 2.23. The Morgan fingerprint density at radius 1 is 1.42 bits per heavy atom. The van der Waals surface area contributed by atoms with E-state index in [1.165, 1.54) is 11.3 Å². The number of aliphatic carboxylic acids is 2. The molecule has 0 radical (unpaired) electrons.